The monoisotopic (exact) mass is 259 g/mol. The van der Waals surface area contributed by atoms with Gasteiger partial charge in [-0.05, 0) is 25.0 Å². The van der Waals surface area contributed by atoms with Gasteiger partial charge in [-0.15, -0.1) is 0 Å². The Morgan fingerprint density at radius 2 is 2.11 bits per heavy atom. The molecule has 100 valence electrons. The minimum absolute atomic E-state index is 0.0904. The van der Waals surface area contributed by atoms with Crippen LogP contribution in [0.5, 0.6) is 0 Å². The van der Waals surface area contributed by atoms with Crippen LogP contribution in [0.25, 0.3) is 0 Å². The van der Waals surface area contributed by atoms with Gasteiger partial charge in [0.05, 0.1) is 7.11 Å². The zero-order chi connectivity index (χ0) is 13.8. The van der Waals surface area contributed by atoms with E-state index in [2.05, 4.69) is 4.74 Å². The maximum absolute atomic E-state index is 12.0. The van der Waals surface area contributed by atoms with Gasteiger partial charge >= 0.3 is 5.97 Å². The molecule has 0 radical (unpaired) electrons. The van der Waals surface area contributed by atoms with Gasteiger partial charge in [-0.3, -0.25) is 4.79 Å². The third kappa shape index (κ3) is 2.84. The van der Waals surface area contributed by atoms with Crippen molar-refractivity contribution in [2.24, 2.45) is 0 Å². The standard InChI is InChI=1S/C15H17NO3/c1-11(15(18)19-2)9-10-16-13-6-4-3-5-12(13)7-8-14(16)17/h3-6,9H,7-8,10H2,1-2H3. The summed E-state index contributed by atoms with van der Waals surface area (Å²) in [5.41, 5.74) is 2.62. The average Bonchev–Trinajstić information content (AvgIpc) is 2.45. The molecule has 0 spiro atoms. The second-order valence-electron chi connectivity index (χ2n) is 4.51. The van der Waals surface area contributed by atoms with Crippen molar-refractivity contribution in [3.05, 3.63) is 41.5 Å². The fourth-order valence-corrected chi connectivity index (χ4v) is 2.17. The highest BCUT2D eigenvalue weighted by atomic mass is 16.5. The summed E-state index contributed by atoms with van der Waals surface area (Å²) in [6, 6.07) is 7.86. The highest BCUT2D eigenvalue weighted by Gasteiger charge is 2.22. The van der Waals surface area contributed by atoms with E-state index in [0.29, 0.717) is 18.5 Å². The molecule has 0 aromatic heterocycles. The van der Waals surface area contributed by atoms with Gasteiger partial charge in [0.15, 0.2) is 0 Å². The zero-order valence-electron chi connectivity index (χ0n) is 11.2. The number of anilines is 1. The number of amides is 1. The summed E-state index contributed by atoms with van der Waals surface area (Å²) in [5, 5.41) is 0. The molecule has 0 fully saturated rings. The maximum atomic E-state index is 12.0. The molecule has 0 saturated heterocycles. The molecule has 19 heavy (non-hydrogen) atoms. The normalized spacial score (nSPS) is 15.2. The molecule has 4 heteroatoms. The molecule has 0 unspecified atom stereocenters. The summed E-state index contributed by atoms with van der Waals surface area (Å²) >= 11 is 0. The van der Waals surface area contributed by atoms with Crippen molar-refractivity contribution in [3.8, 4) is 0 Å². The van der Waals surface area contributed by atoms with Crippen LogP contribution in [0.15, 0.2) is 35.9 Å². The lowest BCUT2D eigenvalue weighted by Gasteiger charge is -2.28. The summed E-state index contributed by atoms with van der Waals surface area (Å²) in [6.07, 6.45) is 3.03. The van der Waals surface area contributed by atoms with Crippen molar-refractivity contribution in [1.29, 1.82) is 0 Å². The molecule has 1 aromatic carbocycles. The molecule has 0 N–H and O–H groups in total. The second kappa shape index (κ2) is 5.69. The number of carbonyl (C=O) groups is 2. The summed E-state index contributed by atoms with van der Waals surface area (Å²) in [4.78, 5) is 25.0. The Kier molecular flexibility index (Phi) is 4.00. The minimum atomic E-state index is -0.363. The summed E-state index contributed by atoms with van der Waals surface area (Å²) in [5.74, 6) is -0.273. The van der Waals surface area contributed by atoms with Crippen molar-refractivity contribution in [3.63, 3.8) is 0 Å². The van der Waals surface area contributed by atoms with E-state index in [-0.39, 0.29) is 11.9 Å². The highest BCUT2D eigenvalue weighted by molar-refractivity contribution is 5.97. The molecule has 2 rings (SSSR count). The van der Waals surface area contributed by atoms with E-state index < -0.39 is 0 Å². The van der Waals surface area contributed by atoms with E-state index in [9.17, 15) is 9.59 Å². The van der Waals surface area contributed by atoms with Crippen LogP contribution in [0.4, 0.5) is 5.69 Å². The van der Waals surface area contributed by atoms with Gasteiger partial charge in [-0.25, -0.2) is 4.79 Å². The molecule has 1 aliphatic heterocycles. The first-order chi connectivity index (χ1) is 9.13. The van der Waals surface area contributed by atoms with E-state index in [1.54, 1.807) is 17.9 Å². The SMILES string of the molecule is COC(=O)C(C)=CCN1C(=O)CCc2ccccc21. The first-order valence-corrected chi connectivity index (χ1v) is 6.27. The van der Waals surface area contributed by atoms with Crippen molar-refractivity contribution >= 4 is 17.6 Å². The molecule has 1 heterocycles. The largest absolute Gasteiger partial charge is 0.466 e. The Balaban J connectivity index is 2.20. The van der Waals surface area contributed by atoms with Crippen molar-refractivity contribution < 1.29 is 14.3 Å². The topological polar surface area (TPSA) is 46.6 Å². The lowest BCUT2D eigenvalue weighted by Crippen LogP contribution is -2.35. The Hall–Kier alpha value is -2.10. The Morgan fingerprint density at radius 3 is 2.84 bits per heavy atom. The van der Waals surface area contributed by atoms with Crippen molar-refractivity contribution in [2.75, 3.05) is 18.6 Å². The second-order valence-corrected chi connectivity index (χ2v) is 4.51. The lowest BCUT2D eigenvalue weighted by atomic mass is 10.0. The van der Waals surface area contributed by atoms with E-state index in [1.807, 2.05) is 24.3 Å². The van der Waals surface area contributed by atoms with Crippen molar-refractivity contribution in [2.45, 2.75) is 19.8 Å². The molecule has 0 saturated carbocycles. The van der Waals surface area contributed by atoms with Gasteiger partial charge in [0.1, 0.15) is 0 Å². The van der Waals surface area contributed by atoms with Crippen LogP contribution >= 0.6 is 0 Å². The number of carbonyl (C=O) groups excluding carboxylic acids is 2. The Labute approximate surface area is 112 Å². The van der Waals surface area contributed by atoms with E-state index in [1.165, 1.54) is 12.7 Å². The third-order valence-corrected chi connectivity index (χ3v) is 3.28. The van der Waals surface area contributed by atoms with E-state index in [4.69, 9.17) is 0 Å². The highest BCUT2D eigenvalue weighted by Crippen LogP contribution is 2.27. The van der Waals surface area contributed by atoms with E-state index >= 15 is 0 Å². The first kappa shape index (κ1) is 13.3. The van der Waals surface area contributed by atoms with Crippen LogP contribution in [0, 0.1) is 0 Å². The van der Waals surface area contributed by atoms with Crippen LogP contribution in [0.3, 0.4) is 0 Å². The third-order valence-electron chi connectivity index (χ3n) is 3.28. The molecule has 1 amide bonds. The van der Waals surface area contributed by atoms with Gasteiger partial charge in [-0.2, -0.15) is 0 Å². The number of rotatable bonds is 3. The van der Waals surface area contributed by atoms with Crippen LogP contribution in [0.2, 0.25) is 0 Å². The van der Waals surface area contributed by atoms with Gasteiger partial charge in [0.2, 0.25) is 5.91 Å². The number of aryl methyl sites for hydroxylation is 1. The number of esters is 1. The summed E-state index contributed by atoms with van der Waals surface area (Å²) < 4.78 is 4.64. The average molecular weight is 259 g/mol. The van der Waals surface area contributed by atoms with Crippen molar-refractivity contribution in [1.82, 2.24) is 0 Å². The fourth-order valence-electron chi connectivity index (χ4n) is 2.17. The number of hydrogen-bond donors (Lipinski definition) is 0. The minimum Gasteiger partial charge on any atom is -0.466 e. The lowest BCUT2D eigenvalue weighted by molar-refractivity contribution is -0.136. The molecule has 0 atom stereocenters. The van der Waals surface area contributed by atoms with Crippen LogP contribution in [-0.2, 0) is 20.7 Å². The number of fused-ring (bicyclic) bond motifs is 1. The summed E-state index contributed by atoms with van der Waals surface area (Å²) in [6.45, 7) is 2.09. The predicted molar refractivity (Wildman–Crippen MR) is 72.9 cm³/mol. The van der Waals surface area contributed by atoms with Crippen LogP contribution in [0.1, 0.15) is 18.9 Å². The van der Waals surface area contributed by atoms with Gasteiger partial charge in [0, 0.05) is 24.2 Å². The zero-order valence-corrected chi connectivity index (χ0v) is 11.2. The number of hydrogen-bond acceptors (Lipinski definition) is 3. The number of para-hydroxylation sites is 1. The number of methoxy groups -OCH3 is 1. The molecular weight excluding hydrogens is 242 g/mol. The molecule has 4 nitrogen and oxygen atoms in total. The van der Waals surface area contributed by atoms with Gasteiger partial charge in [0.25, 0.3) is 0 Å². The number of benzene rings is 1. The van der Waals surface area contributed by atoms with Crippen LogP contribution < -0.4 is 4.90 Å². The Morgan fingerprint density at radius 1 is 1.37 bits per heavy atom. The van der Waals surface area contributed by atoms with E-state index in [0.717, 1.165) is 12.1 Å². The molecule has 1 aromatic rings. The Bertz CT molecular complexity index is 534. The van der Waals surface area contributed by atoms with Gasteiger partial charge < -0.3 is 9.64 Å². The number of nitrogens with zero attached hydrogens (tertiary/aromatic N) is 1. The maximum Gasteiger partial charge on any atom is 0.333 e. The first-order valence-electron chi connectivity index (χ1n) is 6.27. The molecule has 1 aliphatic rings. The quantitative estimate of drug-likeness (QED) is 0.617. The van der Waals surface area contributed by atoms with Crippen LogP contribution in [-0.4, -0.2) is 25.5 Å². The number of ether oxygens (including phenoxy) is 1. The predicted octanol–water partition coefficient (Wildman–Crippen LogP) is 2.09. The smallest absolute Gasteiger partial charge is 0.333 e. The molecular formula is C15H17NO3. The summed E-state index contributed by atoms with van der Waals surface area (Å²) in [7, 11) is 1.35. The fraction of sp³-hybridized carbons (Fsp3) is 0.333. The molecule has 0 bridgehead atoms. The van der Waals surface area contributed by atoms with Gasteiger partial charge in [-0.1, -0.05) is 24.3 Å². The molecule has 0 aliphatic carbocycles.